The molecule has 0 unspecified atom stereocenters. The number of rotatable bonds is 6. The number of halogens is 6. The molecule has 0 aliphatic carbocycles. The molecule has 0 aromatic rings. The Kier molecular flexibility index (Phi) is 36.8. The van der Waals surface area contributed by atoms with Crippen molar-refractivity contribution < 1.29 is 45.3 Å². The fraction of sp³-hybridized carbons (Fsp3) is 1.00. The summed E-state index contributed by atoms with van der Waals surface area (Å²) in [5.41, 5.74) is 0. The zero-order valence-electron chi connectivity index (χ0n) is 19.9. The van der Waals surface area contributed by atoms with Crippen LogP contribution in [0.4, 0.5) is 25.2 Å². The van der Waals surface area contributed by atoms with Crippen LogP contribution in [0.3, 0.4) is 0 Å². The van der Waals surface area contributed by atoms with Gasteiger partial charge in [0.05, 0.1) is 0 Å². The summed E-state index contributed by atoms with van der Waals surface area (Å²) >= 11 is 8.79. The Bertz CT molecular complexity index is 286. The first-order chi connectivity index (χ1) is 12.5. The van der Waals surface area contributed by atoms with Crippen LogP contribution >= 0.6 is 39.5 Å². The van der Waals surface area contributed by atoms with Crippen molar-refractivity contribution in [2.45, 2.75) is 13.8 Å². The summed E-state index contributed by atoms with van der Waals surface area (Å²) < 4.78 is 59.2. The molecule has 0 spiro atoms. The fourth-order valence-corrected chi connectivity index (χ4v) is 7.20. The molecule has 0 heterocycles. The first kappa shape index (κ1) is 46.4. The topological polar surface area (TPSA) is 0 Å². The van der Waals surface area contributed by atoms with Crippen molar-refractivity contribution in [2.24, 2.45) is 0 Å². The maximum Gasteiger partial charge on any atom is 0 e. The van der Waals surface area contributed by atoms with Crippen molar-refractivity contribution in [3.05, 3.63) is 0 Å². The van der Waals surface area contributed by atoms with Crippen LogP contribution in [0.25, 0.3) is 0 Å². The first-order valence-corrected chi connectivity index (χ1v) is 21.7. The van der Waals surface area contributed by atoms with Crippen molar-refractivity contribution in [1.82, 2.24) is 0 Å². The van der Waals surface area contributed by atoms with Crippen LogP contribution in [-0.2, 0) is 45.4 Å². The Hall–Kier alpha value is 3.08. The smallest absolute Gasteiger partial charge is 0 e. The van der Waals surface area contributed by atoms with Gasteiger partial charge >= 0.3 is 33.0 Å². The molecule has 0 aromatic heterocycles. The van der Waals surface area contributed by atoms with E-state index in [1.807, 2.05) is 13.8 Å². The van der Waals surface area contributed by atoms with E-state index < -0.39 is 7.81 Å². The van der Waals surface area contributed by atoms with Crippen molar-refractivity contribution in [3.63, 3.8) is 0 Å². The van der Waals surface area contributed by atoms with E-state index in [0.29, 0.717) is 31.7 Å². The summed E-state index contributed by atoms with van der Waals surface area (Å²) in [6, 6.07) is 0. The quantitative estimate of drug-likeness (QED) is 0.158. The van der Waals surface area contributed by atoms with Gasteiger partial charge in [0.15, 0.2) is 0 Å². The third-order valence-corrected chi connectivity index (χ3v) is 7.17. The van der Waals surface area contributed by atoms with Gasteiger partial charge < -0.3 is 25.3 Å². The molecule has 0 rings (SSSR count). The van der Waals surface area contributed by atoms with Crippen LogP contribution in [0.1, 0.15) is 13.8 Å². The minimum Gasteiger partial charge on any atom is 0 e. The molecule has 0 nitrogen and oxygen atoms in total. The summed E-state index contributed by atoms with van der Waals surface area (Å²) in [5.74, 6) is 1.67. The summed E-state index contributed by atoms with van der Waals surface area (Å²) in [6.07, 6.45) is 5.92. The SMILES string of the molecule is CC[S-].CC[S-].CP(C)CCP(C)C.CP(C)CCP(C)C.F[P-](F)(F)(F)(F)F.[Tc]. The van der Waals surface area contributed by atoms with E-state index in [1.165, 1.54) is 24.6 Å². The van der Waals surface area contributed by atoms with Gasteiger partial charge in [-0.1, -0.05) is 13.8 Å². The molecular formula is C16H42F6P5S2Tc-3. The third-order valence-electron chi connectivity index (χ3n) is 1.99. The summed E-state index contributed by atoms with van der Waals surface area (Å²) in [4.78, 5) is 0. The van der Waals surface area contributed by atoms with Crippen molar-refractivity contribution in [3.8, 4) is 0 Å². The van der Waals surface area contributed by atoms with Gasteiger partial charge in [-0.25, -0.2) is 0 Å². The van der Waals surface area contributed by atoms with Gasteiger partial charge in [-0.05, 0) is 78.0 Å². The predicted molar refractivity (Wildman–Crippen MR) is 144 cm³/mol. The van der Waals surface area contributed by atoms with Gasteiger partial charge in [0, 0.05) is 20.1 Å². The molecule has 0 bridgehead atoms. The second-order valence-corrected chi connectivity index (χ2v) is 20.2. The standard InChI is InChI=1S/2C6H16P2.2C2H6S.F6P.Tc/c2*1-7(2)5-6-8(3)4;2*1-2-3;1-7(2,3,4,5)6;/h2*5-6H2,1-4H3;2*3H,2H2,1H3;;/q;;;;-1;/p-2. The zero-order chi connectivity index (χ0) is 25.0. The molecule has 1 radical (unpaired) electrons. The Morgan fingerprint density at radius 3 is 0.600 bits per heavy atom. The molecule has 195 valence electrons. The maximum atomic E-state index is 9.87. The second kappa shape index (κ2) is 23.8. The monoisotopic (exact) mass is 664 g/mol. The van der Waals surface area contributed by atoms with Crippen LogP contribution in [0.5, 0.6) is 0 Å². The average molecular weight is 666 g/mol. The summed E-state index contributed by atoms with van der Waals surface area (Å²) in [5, 5.41) is 0. The Morgan fingerprint density at radius 2 is 0.567 bits per heavy atom. The molecule has 30 heavy (non-hydrogen) atoms. The van der Waals surface area contributed by atoms with Crippen LogP contribution in [0.2, 0.25) is 0 Å². The largest absolute Gasteiger partial charge is 0 e. The number of hydrogen-bond donors (Lipinski definition) is 0. The molecular weight excluding hydrogens is 623 g/mol. The van der Waals surface area contributed by atoms with Crippen molar-refractivity contribution >= 4 is 64.8 Å². The molecule has 0 fully saturated rings. The van der Waals surface area contributed by atoms with Gasteiger partial charge in [0.2, 0.25) is 0 Å². The van der Waals surface area contributed by atoms with Crippen LogP contribution in [0.15, 0.2) is 0 Å². The normalized spacial score (nSPS) is 12.6. The molecule has 0 amide bonds. The van der Waals surface area contributed by atoms with E-state index in [-0.39, 0.29) is 20.1 Å². The van der Waals surface area contributed by atoms with Crippen LogP contribution < -0.4 is 0 Å². The molecule has 0 aromatic carbocycles. The predicted octanol–water partition coefficient (Wildman–Crippen LogP) is 9.43. The van der Waals surface area contributed by atoms with Crippen molar-refractivity contribution in [2.75, 3.05) is 89.5 Å². The summed E-state index contributed by atoms with van der Waals surface area (Å²) in [6.45, 7) is 22.7. The minimum atomic E-state index is -10.7. The van der Waals surface area contributed by atoms with Gasteiger partial charge in [-0.3, -0.25) is 0 Å². The van der Waals surface area contributed by atoms with Gasteiger partial charge in [-0.2, -0.15) is 11.5 Å². The van der Waals surface area contributed by atoms with E-state index in [9.17, 15) is 25.2 Å². The maximum absolute atomic E-state index is 10.7. The van der Waals surface area contributed by atoms with E-state index in [0.717, 1.165) is 11.5 Å². The third kappa shape index (κ3) is 164. The van der Waals surface area contributed by atoms with Gasteiger partial charge in [0.1, 0.15) is 0 Å². The summed E-state index contributed by atoms with van der Waals surface area (Å²) in [7, 11) is -9.12. The van der Waals surface area contributed by atoms with E-state index in [4.69, 9.17) is 0 Å². The molecule has 0 saturated heterocycles. The molecule has 0 saturated carbocycles. The minimum absolute atomic E-state index is 0. The number of hydrogen-bond acceptors (Lipinski definition) is 2. The molecule has 0 N–H and O–H groups in total. The fourth-order valence-electron chi connectivity index (χ4n) is 0.800. The van der Waals surface area contributed by atoms with E-state index >= 15 is 0 Å². The van der Waals surface area contributed by atoms with Gasteiger partial charge in [0.25, 0.3) is 0 Å². The van der Waals surface area contributed by atoms with Gasteiger partial charge in [-0.15, -0.1) is 31.7 Å². The van der Waals surface area contributed by atoms with Crippen molar-refractivity contribution in [1.29, 1.82) is 0 Å². The zero-order valence-corrected chi connectivity index (χ0v) is 27.9. The van der Waals surface area contributed by atoms with E-state index in [1.54, 1.807) is 0 Å². The molecule has 0 atom stereocenters. The van der Waals surface area contributed by atoms with Crippen LogP contribution in [0, 0.1) is 0 Å². The molecule has 14 heteroatoms. The Balaban J connectivity index is -0.0000000627. The average Bonchev–Trinajstić information content (AvgIpc) is 2.42. The van der Waals surface area contributed by atoms with E-state index in [2.05, 4.69) is 78.6 Å². The molecule has 0 aliphatic heterocycles. The second-order valence-electron chi connectivity index (χ2n) is 6.75. The molecule has 0 aliphatic rings. The Morgan fingerprint density at radius 1 is 0.500 bits per heavy atom. The van der Waals surface area contributed by atoms with Crippen LogP contribution in [-0.4, -0.2) is 89.5 Å². The Labute approximate surface area is 212 Å². The first-order valence-electron chi connectivity index (χ1n) is 8.85.